The molecule has 0 heterocycles. The number of Topliss-reactive ketones (excluding diaryl/α,β-unsaturated/α-hetero) is 4. The number of carbonyl (C=O) groups is 8. The van der Waals surface area contributed by atoms with Gasteiger partial charge in [-0.1, -0.05) is 0 Å². The van der Waals surface area contributed by atoms with Gasteiger partial charge < -0.3 is 18.9 Å². The molecule has 44 heavy (non-hydrogen) atoms. The van der Waals surface area contributed by atoms with Crippen LogP contribution in [0.15, 0.2) is 0 Å². The van der Waals surface area contributed by atoms with E-state index in [1.807, 2.05) is 0 Å². The first-order chi connectivity index (χ1) is 21.0. The molecule has 16 bridgehead atoms. The number of carbonyl (C=O) groups excluding carboxylic acids is 8. The summed E-state index contributed by atoms with van der Waals surface area (Å²) < 4.78 is 20.2. The summed E-state index contributed by atoms with van der Waals surface area (Å²) in [5.41, 5.74) is -4.60. The average molecular weight is 609 g/mol. The molecular formula is C32H32O12. The van der Waals surface area contributed by atoms with Gasteiger partial charge in [-0.2, -0.15) is 0 Å². The molecule has 232 valence electrons. The molecule has 12 heteroatoms. The van der Waals surface area contributed by atoms with Gasteiger partial charge in [0.05, 0.1) is 50.1 Å². The van der Waals surface area contributed by atoms with Crippen molar-refractivity contribution >= 4 is 47.0 Å². The normalized spacial score (nSPS) is 55.4. The lowest BCUT2D eigenvalue weighted by atomic mass is 9.49. The molecule has 0 aromatic heterocycles. The van der Waals surface area contributed by atoms with E-state index in [1.54, 1.807) is 0 Å². The summed E-state index contributed by atoms with van der Waals surface area (Å²) >= 11 is 0. The van der Waals surface area contributed by atoms with Crippen molar-refractivity contribution in [3.8, 4) is 0 Å². The Morgan fingerprint density at radius 3 is 0.773 bits per heavy atom. The van der Waals surface area contributed by atoms with Gasteiger partial charge in [0.2, 0.25) is 0 Å². The van der Waals surface area contributed by atoms with Crippen molar-refractivity contribution in [3.05, 3.63) is 0 Å². The van der Waals surface area contributed by atoms with E-state index in [0.717, 1.165) is 0 Å². The number of rotatable bonds is 4. The molecule has 0 amide bonds. The molecule has 0 saturated heterocycles. The summed E-state index contributed by atoms with van der Waals surface area (Å²) in [6.45, 7) is 0. The van der Waals surface area contributed by atoms with E-state index in [9.17, 15) is 38.4 Å². The molecule has 0 aliphatic heterocycles. The largest absolute Gasteiger partial charge is 0.469 e. The first-order valence-electron chi connectivity index (χ1n) is 15.4. The van der Waals surface area contributed by atoms with Crippen LogP contribution in [0, 0.1) is 92.7 Å². The van der Waals surface area contributed by atoms with Crippen molar-refractivity contribution in [3.63, 3.8) is 0 Å². The van der Waals surface area contributed by atoms with E-state index in [0.29, 0.717) is 0 Å². The highest BCUT2D eigenvalue weighted by molar-refractivity contribution is 6.10. The van der Waals surface area contributed by atoms with Gasteiger partial charge in [-0.05, 0) is 47.3 Å². The van der Waals surface area contributed by atoms with Gasteiger partial charge in [-0.3, -0.25) is 38.4 Å². The quantitative estimate of drug-likeness (QED) is 0.309. The molecule has 12 aliphatic rings. The molecule has 0 radical (unpaired) electrons. The van der Waals surface area contributed by atoms with Gasteiger partial charge >= 0.3 is 23.9 Å². The monoisotopic (exact) mass is 608 g/mol. The van der Waals surface area contributed by atoms with Crippen molar-refractivity contribution in [1.82, 2.24) is 0 Å². The third kappa shape index (κ3) is 1.96. The SMILES string of the molecule is COC(=O)C12C3CC(=O)C4C3C3C(CC(=O)C31)C42C(=O)OC.COC(=O)C12C3CC(=O)C4C3C3C(CC(=O)C31)C42C(=O)OC. The first kappa shape index (κ1) is 26.9. The first-order valence-corrected chi connectivity index (χ1v) is 15.4. The Labute approximate surface area is 251 Å². The molecule has 12 fully saturated rings. The summed E-state index contributed by atoms with van der Waals surface area (Å²) in [6.07, 6.45) is 1.15. The molecule has 0 spiro atoms. The smallest absolute Gasteiger partial charge is 0.314 e. The van der Waals surface area contributed by atoms with Gasteiger partial charge in [0.1, 0.15) is 23.1 Å². The van der Waals surface area contributed by atoms with Crippen molar-refractivity contribution in [1.29, 1.82) is 0 Å². The van der Waals surface area contributed by atoms with E-state index in [4.69, 9.17) is 18.9 Å². The fourth-order valence-corrected chi connectivity index (χ4v) is 15.4. The number of methoxy groups -OCH3 is 4. The predicted molar refractivity (Wildman–Crippen MR) is 138 cm³/mol. The van der Waals surface area contributed by atoms with Gasteiger partial charge in [-0.15, -0.1) is 0 Å². The highest BCUT2D eigenvalue weighted by Gasteiger charge is 3.00. The van der Waals surface area contributed by atoms with Crippen LogP contribution in [0.25, 0.3) is 0 Å². The summed E-state index contributed by atoms with van der Waals surface area (Å²) in [7, 11) is 5.16. The van der Waals surface area contributed by atoms with E-state index in [2.05, 4.69) is 0 Å². The predicted octanol–water partition coefficient (Wildman–Crippen LogP) is -0.0224. The van der Waals surface area contributed by atoms with Crippen molar-refractivity contribution < 1.29 is 57.3 Å². The summed E-state index contributed by atoms with van der Waals surface area (Å²) in [5.74, 6) is -4.58. The molecule has 12 saturated carbocycles. The zero-order chi connectivity index (χ0) is 31.2. The van der Waals surface area contributed by atoms with Gasteiger partial charge in [0.25, 0.3) is 0 Å². The molecular weight excluding hydrogens is 576 g/mol. The Balaban J connectivity index is 0.000000123. The van der Waals surface area contributed by atoms with Gasteiger partial charge in [0, 0.05) is 49.4 Å². The maximum Gasteiger partial charge on any atom is 0.314 e. The number of esters is 4. The second kappa shape index (κ2) is 7.50. The van der Waals surface area contributed by atoms with Crippen LogP contribution in [-0.2, 0) is 57.3 Å². The van der Waals surface area contributed by atoms with E-state index < -0.39 is 69.2 Å². The number of ether oxygens (including phenoxy) is 4. The van der Waals surface area contributed by atoms with Crippen LogP contribution in [0.4, 0.5) is 0 Å². The molecule has 12 nitrogen and oxygen atoms in total. The van der Waals surface area contributed by atoms with Gasteiger partial charge in [0.15, 0.2) is 0 Å². The number of hydrogen-bond acceptors (Lipinski definition) is 12. The zero-order valence-corrected chi connectivity index (χ0v) is 24.7. The summed E-state index contributed by atoms with van der Waals surface area (Å²) in [4.78, 5) is 101. The van der Waals surface area contributed by atoms with E-state index >= 15 is 0 Å². The molecule has 0 aromatic rings. The van der Waals surface area contributed by atoms with Gasteiger partial charge in [-0.25, -0.2) is 0 Å². The van der Waals surface area contributed by atoms with Crippen LogP contribution in [-0.4, -0.2) is 75.4 Å². The topological polar surface area (TPSA) is 173 Å². The molecule has 16 unspecified atom stereocenters. The fraction of sp³-hybridized carbons (Fsp3) is 0.750. The maximum absolute atomic E-state index is 12.8. The van der Waals surface area contributed by atoms with Crippen molar-refractivity contribution in [2.75, 3.05) is 28.4 Å². The Hall–Kier alpha value is -3.44. The van der Waals surface area contributed by atoms with E-state index in [-0.39, 0.29) is 96.2 Å². The highest BCUT2D eigenvalue weighted by Crippen LogP contribution is 2.92. The second-order valence-corrected chi connectivity index (χ2v) is 14.8. The molecule has 12 aliphatic carbocycles. The summed E-state index contributed by atoms with van der Waals surface area (Å²) in [6, 6.07) is 0. The maximum atomic E-state index is 12.8. The van der Waals surface area contributed by atoms with E-state index in [1.165, 1.54) is 28.4 Å². The van der Waals surface area contributed by atoms with Crippen LogP contribution < -0.4 is 0 Å². The van der Waals surface area contributed by atoms with Crippen LogP contribution in [0.5, 0.6) is 0 Å². The number of ketones is 4. The minimum absolute atomic E-state index is 0.0212. The average Bonchev–Trinajstić information content (AvgIpc) is 3.88. The standard InChI is InChI=1S/2C16H16O6/c2*1-21-13(19)15-5-3-8(18)12-9(5)10-6(4-7(17)11(10)15)16(12,15)14(20)22-2/h2*5-6,9-12H,3-4H2,1-2H3. The minimum atomic E-state index is -1.15. The Bertz CT molecular complexity index is 1360. The lowest BCUT2D eigenvalue weighted by Gasteiger charge is -2.50. The summed E-state index contributed by atoms with van der Waals surface area (Å²) in [5, 5.41) is 0. The minimum Gasteiger partial charge on any atom is -0.469 e. The third-order valence-electron chi connectivity index (χ3n) is 15.1. The van der Waals surface area contributed by atoms with Crippen LogP contribution >= 0.6 is 0 Å². The van der Waals surface area contributed by atoms with Crippen LogP contribution in [0.2, 0.25) is 0 Å². The van der Waals surface area contributed by atoms with Crippen LogP contribution in [0.3, 0.4) is 0 Å². The molecule has 0 N–H and O–H groups in total. The Morgan fingerprint density at radius 2 is 0.614 bits per heavy atom. The Morgan fingerprint density at radius 1 is 0.432 bits per heavy atom. The molecule has 0 aromatic carbocycles. The van der Waals surface area contributed by atoms with Crippen molar-refractivity contribution in [2.24, 2.45) is 92.7 Å². The fourth-order valence-electron chi connectivity index (χ4n) is 15.4. The lowest BCUT2D eigenvalue weighted by Crippen LogP contribution is -2.63. The Kier molecular flexibility index (Phi) is 4.59. The highest BCUT2D eigenvalue weighted by atomic mass is 16.5. The zero-order valence-electron chi connectivity index (χ0n) is 24.7. The third-order valence-corrected chi connectivity index (χ3v) is 15.1. The lowest BCUT2D eigenvalue weighted by molar-refractivity contribution is -0.194. The molecule has 12 rings (SSSR count). The van der Waals surface area contributed by atoms with Crippen molar-refractivity contribution in [2.45, 2.75) is 25.7 Å². The van der Waals surface area contributed by atoms with Crippen LogP contribution in [0.1, 0.15) is 25.7 Å². The number of hydrogen-bond donors (Lipinski definition) is 0. The second-order valence-electron chi connectivity index (χ2n) is 14.8. The molecule has 16 atom stereocenters.